The van der Waals surface area contributed by atoms with Crippen LogP contribution in [0.2, 0.25) is 0 Å². The van der Waals surface area contributed by atoms with Crippen LogP contribution in [-0.4, -0.2) is 44.5 Å². The standard InChI is InChI=1S/C19H27N3O4S/c23-15-10-9-14(12-15)13-21-18(24)8-2-1-5-11-20-19-16-6-3-4-7-17(16)27(25,26)22-19/h3-4,6-7,14-15,23H,1-2,5,8-13H2,(H,20,22)(H,21,24)/t14-,15-/m1/s1. The Morgan fingerprint density at radius 1 is 1.22 bits per heavy atom. The van der Waals surface area contributed by atoms with E-state index in [-0.39, 0.29) is 16.9 Å². The topological polar surface area (TPSA) is 108 Å². The van der Waals surface area contributed by atoms with Crippen molar-refractivity contribution in [1.29, 1.82) is 0 Å². The van der Waals surface area contributed by atoms with E-state index in [0.717, 1.165) is 38.5 Å². The molecule has 0 bridgehead atoms. The van der Waals surface area contributed by atoms with Crippen LogP contribution < -0.4 is 10.0 Å². The third kappa shape index (κ3) is 5.29. The summed E-state index contributed by atoms with van der Waals surface area (Å²) in [5.74, 6) is 0.861. The highest BCUT2D eigenvalue weighted by atomic mass is 32.2. The number of aliphatic hydroxyl groups is 1. The number of nitrogens with zero attached hydrogens (tertiary/aromatic N) is 1. The number of aliphatic imine (C=N–C) groups is 1. The average molecular weight is 394 g/mol. The molecule has 7 nitrogen and oxygen atoms in total. The fourth-order valence-corrected chi connectivity index (χ4v) is 4.85. The number of hydrogen-bond acceptors (Lipinski definition) is 5. The van der Waals surface area contributed by atoms with Crippen molar-refractivity contribution in [3.8, 4) is 0 Å². The van der Waals surface area contributed by atoms with Crippen LogP contribution in [-0.2, 0) is 14.8 Å². The molecule has 3 N–H and O–H groups in total. The molecule has 148 valence electrons. The molecule has 1 aromatic carbocycles. The normalized spacial score (nSPS) is 24.6. The summed E-state index contributed by atoms with van der Waals surface area (Å²) in [5, 5.41) is 12.4. The molecule has 0 aromatic heterocycles. The summed E-state index contributed by atoms with van der Waals surface area (Å²) in [6.45, 7) is 1.18. The van der Waals surface area contributed by atoms with Crippen molar-refractivity contribution >= 4 is 21.8 Å². The van der Waals surface area contributed by atoms with E-state index < -0.39 is 10.0 Å². The van der Waals surface area contributed by atoms with Crippen LogP contribution in [0.15, 0.2) is 34.2 Å². The molecule has 1 amide bonds. The fourth-order valence-electron chi connectivity index (χ4n) is 3.60. The summed E-state index contributed by atoms with van der Waals surface area (Å²) in [6.07, 6.45) is 5.33. The summed E-state index contributed by atoms with van der Waals surface area (Å²) < 4.78 is 26.5. The second kappa shape index (κ2) is 8.84. The van der Waals surface area contributed by atoms with Crippen molar-refractivity contribution in [3.63, 3.8) is 0 Å². The molecule has 2 aliphatic rings. The first kappa shape index (κ1) is 19.8. The van der Waals surface area contributed by atoms with Crippen molar-refractivity contribution in [2.24, 2.45) is 10.9 Å². The largest absolute Gasteiger partial charge is 0.393 e. The minimum absolute atomic E-state index is 0.0557. The van der Waals surface area contributed by atoms with Gasteiger partial charge in [-0.1, -0.05) is 18.6 Å². The molecule has 2 atom stereocenters. The molecule has 1 heterocycles. The minimum Gasteiger partial charge on any atom is -0.393 e. The predicted octanol–water partition coefficient (Wildman–Crippen LogP) is 1.56. The van der Waals surface area contributed by atoms with Crippen LogP contribution >= 0.6 is 0 Å². The number of carbonyl (C=O) groups excluding carboxylic acids is 1. The van der Waals surface area contributed by atoms with Gasteiger partial charge in [0.15, 0.2) is 0 Å². The van der Waals surface area contributed by atoms with E-state index in [4.69, 9.17) is 0 Å². The zero-order valence-corrected chi connectivity index (χ0v) is 16.2. The fraction of sp³-hybridized carbons (Fsp3) is 0.579. The first-order valence-corrected chi connectivity index (χ1v) is 11.1. The zero-order valence-electron chi connectivity index (χ0n) is 15.4. The Hall–Kier alpha value is -1.93. The van der Waals surface area contributed by atoms with E-state index in [1.807, 2.05) is 0 Å². The Labute approximate surface area is 160 Å². The average Bonchev–Trinajstić information content (AvgIpc) is 3.17. The van der Waals surface area contributed by atoms with Gasteiger partial charge in [0.2, 0.25) is 5.91 Å². The zero-order chi connectivity index (χ0) is 19.3. The van der Waals surface area contributed by atoms with E-state index in [9.17, 15) is 18.3 Å². The maximum atomic E-state index is 12.0. The number of carbonyl (C=O) groups is 1. The summed E-state index contributed by atoms with van der Waals surface area (Å²) in [5.41, 5.74) is 0.619. The van der Waals surface area contributed by atoms with Gasteiger partial charge in [-0.15, -0.1) is 0 Å². The van der Waals surface area contributed by atoms with Gasteiger partial charge in [-0.3, -0.25) is 14.5 Å². The van der Waals surface area contributed by atoms with Crippen LogP contribution in [0, 0.1) is 5.92 Å². The number of benzene rings is 1. The van der Waals surface area contributed by atoms with Crippen molar-refractivity contribution < 1.29 is 18.3 Å². The lowest BCUT2D eigenvalue weighted by atomic mass is 10.1. The number of amidine groups is 1. The monoisotopic (exact) mass is 393 g/mol. The number of fused-ring (bicyclic) bond motifs is 1. The molecule has 0 saturated heterocycles. The van der Waals surface area contributed by atoms with Gasteiger partial charge in [-0.05, 0) is 50.2 Å². The number of aliphatic hydroxyl groups excluding tert-OH is 1. The Kier molecular flexibility index (Phi) is 6.49. The van der Waals surface area contributed by atoms with Gasteiger partial charge in [-0.25, -0.2) is 8.42 Å². The van der Waals surface area contributed by atoms with Crippen LogP contribution in [0.3, 0.4) is 0 Å². The van der Waals surface area contributed by atoms with E-state index in [0.29, 0.717) is 36.8 Å². The molecule has 0 spiro atoms. The Bertz CT molecular complexity index is 807. The highest BCUT2D eigenvalue weighted by Crippen LogP contribution is 2.24. The smallest absolute Gasteiger partial charge is 0.263 e. The molecule has 3 rings (SSSR count). The molecule has 8 heteroatoms. The lowest BCUT2D eigenvalue weighted by Crippen LogP contribution is -2.28. The Morgan fingerprint density at radius 3 is 2.81 bits per heavy atom. The summed E-state index contributed by atoms with van der Waals surface area (Å²) >= 11 is 0. The molecule has 1 saturated carbocycles. The third-order valence-electron chi connectivity index (χ3n) is 5.10. The Balaban J connectivity index is 1.33. The number of nitrogens with one attached hydrogen (secondary N) is 2. The number of hydrogen-bond donors (Lipinski definition) is 3. The maximum absolute atomic E-state index is 12.0. The molecule has 1 aliphatic carbocycles. The molecule has 27 heavy (non-hydrogen) atoms. The van der Waals surface area contributed by atoms with E-state index >= 15 is 0 Å². The number of sulfonamides is 1. The molecule has 1 fully saturated rings. The van der Waals surface area contributed by atoms with Gasteiger partial charge in [0.05, 0.1) is 11.0 Å². The highest BCUT2D eigenvalue weighted by molar-refractivity contribution is 7.90. The predicted molar refractivity (Wildman–Crippen MR) is 103 cm³/mol. The van der Waals surface area contributed by atoms with Gasteiger partial charge in [0.25, 0.3) is 10.0 Å². The van der Waals surface area contributed by atoms with Crippen LogP contribution in [0.1, 0.15) is 50.5 Å². The first-order chi connectivity index (χ1) is 13.0. The van der Waals surface area contributed by atoms with Gasteiger partial charge >= 0.3 is 0 Å². The molecular weight excluding hydrogens is 366 g/mol. The van der Waals surface area contributed by atoms with Crippen molar-refractivity contribution in [2.75, 3.05) is 13.1 Å². The lowest BCUT2D eigenvalue weighted by molar-refractivity contribution is -0.121. The van der Waals surface area contributed by atoms with E-state index in [2.05, 4.69) is 15.0 Å². The number of unbranched alkanes of at least 4 members (excludes halogenated alkanes) is 2. The number of amides is 1. The van der Waals surface area contributed by atoms with Crippen molar-refractivity contribution in [2.45, 2.75) is 55.9 Å². The molecule has 0 unspecified atom stereocenters. The maximum Gasteiger partial charge on any atom is 0.263 e. The van der Waals surface area contributed by atoms with E-state index in [1.54, 1.807) is 24.3 Å². The molecular formula is C19H27N3O4S. The SMILES string of the molecule is O=C(CCCCCN=C1NS(=O)(=O)c2ccccc21)NC[C@@H]1CC[C@@H](O)C1. The minimum atomic E-state index is -3.48. The van der Waals surface area contributed by atoms with Gasteiger partial charge in [0.1, 0.15) is 5.84 Å². The first-order valence-electron chi connectivity index (χ1n) is 9.57. The van der Waals surface area contributed by atoms with Crippen molar-refractivity contribution in [1.82, 2.24) is 10.0 Å². The molecule has 0 radical (unpaired) electrons. The van der Waals surface area contributed by atoms with E-state index in [1.165, 1.54) is 0 Å². The quantitative estimate of drug-likeness (QED) is 0.583. The van der Waals surface area contributed by atoms with Crippen LogP contribution in [0.4, 0.5) is 0 Å². The Morgan fingerprint density at radius 2 is 2.04 bits per heavy atom. The second-order valence-electron chi connectivity index (χ2n) is 7.28. The van der Waals surface area contributed by atoms with Crippen molar-refractivity contribution in [3.05, 3.63) is 29.8 Å². The summed E-state index contributed by atoms with van der Waals surface area (Å²) in [4.78, 5) is 16.5. The lowest BCUT2D eigenvalue weighted by Gasteiger charge is -2.10. The summed E-state index contributed by atoms with van der Waals surface area (Å²) in [6, 6.07) is 6.81. The highest BCUT2D eigenvalue weighted by Gasteiger charge is 2.29. The van der Waals surface area contributed by atoms with Gasteiger partial charge in [-0.2, -0.15) is 0 Å². The molecule has 1 aromatic rings. The van der Waals surface area contributed by atoms with Crippen LogP contribution in [0.25, 0.3) is 0 Å². The van der Waals surface area contributed by atoms with Gasteiger partial charge in [0, 0.05) is 25.1 Å². The third-order valence-corrected chi connectivity index (χ3v) is 6.49. The van der Waals surface area contributed by atoms with Crippen LogP contribution in [0.5, 0.6) is 0 Å². The second-order valence-corrected chi connectivity index (χ2v) is 8.93. The van der Waals surface area contributed by atoms with Gasteiger partial charge < -0.3 is 10.4 Å². The molecule has 1 aliphatic heterocycles. The summed E-state index contributed by atoms with van der Waals surface area (Å²) in [7, 11) is -3.48. The number of rotatable bonds is 8.